The topological polar surface area (TPSA) is 62.6 Å². The van der Waals surface area contributed by atoms with Gasteiger partial charge in [0.05, 0.1) is 12.5 Å². The van der Waals surface area contributed by atoms with Crippen LogP contribution in [0.2, 0.25) is 0 Å². The van der Waals surface area contributed by atoms with E-state index in [9.17, 15) is 9.59 Å². The van der Waals surface area contributed by atoms with Gasteiger partial charge in [-0.1, -0.05) is 13.8 Å². The zero-order valence-corrected chi connectivity index (χ0v) is 11.4. The molecule has 5 nitrogen and oxygen atoms in total. The Morgan fingerprint density at radius 1 is 1.47 bits per heavy atom. The molecule has 0 radical (unpaired) electrons. The first kappa shape index (κ1) is 13.6. The van der Waals surface area contributed by atoms with Crippen molar-refractivity contribution in [1.29, 1.82) is 0 Å². The van der Waals surface area contributed by atoms with Crippen LogP contribution in [0.5, 0.6) is 0 Å². The molecular formula is C14H20N2O3. The number of nitrogens with one attached hydrogen (secondary N) is 1. The maximum atomic E-state index is 12.4. The summed E-state index contributed by atoms with van der Waals surface area (Å²) in [5, 5.41) is 2.82. The van der Waals surface area contributed by atoms with E-state index in [0.29, 0.717) is 31.8 Å². The molecule has 104 valence electrons. The van der Waals surface area contributed by atoms with Gasteiger partial charge in [-0.25, -0.2) is 0 Å². The minimum atomic E-state index is -0.401. The van der Waals surface area contributed by atoms with Crippen molar-refractivity contribution in [2.24, 2.45) is 5.92 Å². The quantitative estimate of drug-likeness (QED) is 0.897. The largest absolute Gasteiger partial charge is 0.472 e. The van der Waals surface area contributed by atoms with E-state index in [1.807, 2.05) is 19.9 Å². The molecule has 0 aromatic carbocycles. The molecule has 1 aliphatic rings. The molecule has 5 heteroatoms. The number of carbonyl (C=O) groups excluding carboxylic acids is 2. The van der Waals surface area contributed by atoms with Gasteiger partial charge in [0.2, 0.25) is 11.8 Å². The van der Waals surface area contributed by atoms with E-state index in [4.69, 9.17) is 4.42 Å². The van der Waals surface area contributed by atoms with Gasteiger partial charge in [-0.05, 0) is 18.4 Å². The zero-order valence-electron chi connectivity index (χ0n) is 11.4. The number of carbonyl (C=O) groups is 2. The van der Waals surface area contributed by atoms with Crippen LogP contribution in [-0.2, 0) is 16.1 Å². The Morgan fingerprint density at radius 3 is 2.89 bits per heavy atom. The molecular weight excluding hydrogens is 244 g/mol. The molecule has 0 bridgehead atoms. The summed E-state index contributed by atoms with van der Waals surface area (Å²) >= 11 is 0. The Labute approximate surface area is 113 Å². The first-order valence-corrected chi connectivity index (χ1v) is 6.65. The standard InChI is InChI=1S/C14H20N2O3/c1-10(2)7-12-14(18)16(5-3-13(17)15-12)8-11-4-6-19-9-11/h4,6,9-10,12H,3,5,7-8H2,1-2H3,(H,15,17). The van der Waals surface area contributed by atoms with Gasteiger partial charge in [-0.3, -0.25) is 9.59 Å². The van der Waals surface area contributed by atoms with Crippen LogP contribution in [0.3, 0.4) is 0 Å². The van der Waals surface area contributed by atoms with Gasteiger partial charge in [0.1, 0.15) is 6.04 Å². The molecule has 1 aromatic heterocycles. The first-order chi connectivity index (χ1) is 9.06. The lowest BCUT2D eigenvalue weighted by atomic mass is 10.0. The zero-order chi connectivity index (χ0) is 13.8. The Balaban J connectivity index is 2.09. The Bertz CT molecular complexity index is 440. The molecule has 1 atom stereocenters. The molecule has 1 fully saturated rings. The van der Waals surface area contributed by atoms with E-state index >= 15 is 0 Å². The molecule has 1 unspecified atom stereocenters. The SMILES string of the molecule is CC(C)CC1NC(=O)CCN(Cc2ccoc2)C1=O. The summed E-state index contributed by atoms with van der Waals surface area (Å²) in [6, 6.07) is 1.44. The number of furan rings is 1. The van der Waals surface area contributed by atoms with Gasteiger partial charge in [0, 0.05) is 25.1 Å². The fourth-order valence-corrected chi connectivity index (χ4v) is 2.29. The number of hydrogen-bond donors (Lipinski definition) is 1. The van der Waals surface area contributed by atoms with Crippen LogP contribution in [0.4, 0.5) is 0 Å². The van der Waals surface area contributed by atoms with Gasteiger partial charge in [-0.2, -0.15) is 0 Å². The second-order valence-corrected chi connectivity index (χ2v) is 5.39. The lowest BCUT2D eigenvalue weighted by molar-refractivity contribution is -0.134. The summed E-state index contributed by atoms with van der Waals surface area (Å²) in [6.07, 6.45) is 4.25. The van der Waals surface area contributed by atoms with E-state index in [1.54, 1.807) is 17.4 Å². The van der Waals surface area contributed by atoms with E-state index < -0.39 is 6.04 Å². The Hall–Kier alpha value is -1.78. The lowest BCUT2D eigenvalue weighted by Gasteiger charge is -2.24. The molecule has 2 amide bonds. The molecule has 1 aliphatic heterocycles. The fourth-order valence-electron chi connectivity index (χ4n) is 2.29. The van der Waals surface area contributed by atoms with Crippen molar-refractivity contribution in [2.75, 3.05) is 6.54 Å². The van der Waals surface area contributed by atoms with Crippen molar-refractivity contribution >= 4 is 11.8 Å². The molecule has 2 heterocycles. The predicted molar refractivity (Wildman–Crippen MR) is 70.1 cm³/mol. The van der Waals surface area contributed by atoms with Gasteiger partial charge in [0.25, 0.3) is 0 Å². The number of nitrogens with zero attached hydrogens (tertiary/aromatic N) is 1. The van der Waals surface area contributed by atoms with Gasteiger partial charge >= 0.3 is 0 Å². The number of hydrogen-bond acceptors (Lipinski definition) is 3. The summed E-state index contributed by atoms with van der Waals surface area (Å²) < 4.78 is 5.01. The minimum Gasteiger partial charge on any atom is -0.472 e. The van der Waals surface area contributed by atoms with Crippen LogP contribution in [0.1, 0.15) is 32.3 Å². The van der Waals surface area contributed by atoms with E-state index in [2.05, 4.69) is 5.32 Å². The summed E-state index contributed by atoms with van der Waals surface area (Å²) in [4.78, 5) is 25.8. The second-order valence-electron chi connectivity index (χ2n) is 5.39. The first-order valence-electron chi connectivity index (χ1n) is 6.65. The van der Waals surface area contributed by atoms with Crippen LogP contribution < -0.4 is 5.32 Å². The molecule has 1 saturated heterocycles. The van der Waals surface area contributed by atoms with Crippen molar-refractivity contribution in [1.82, 2.24) is 10.2 Å². The van der Waals surface area contributed by atoms with Crippen LogP contribution in [-0.4, -0.2) is 29.3 Å². The van der Waals surface area contributed by atoms with Crippen molar-refractivity contribution in [3.63, 3.8) is 0 Å². The van der Waals surface area contributed by atoms with E-state index in [-0.39, 0.29) is 11.8 Å². The average molecular weight is 264 g/mol. The van der Waals surface area contributed by atoms with Crippen LogP contribution >= 0.6 is 0 Å². The summed E-state index contributed by atoms with van der Waals surface area (Å²) in [5.41, 5.74) is 0.950. The Kier molecular flexibility index (Phi) is 4.24. The highest BCUT2D eigenvalue weighted by molar-refractivity contribution is 5.89. The smallest absolute Gasteiger partial charge is 0.245 e. The average Bonchev–Trinajstić information content (AvgIpc) is 2.80. The van der Waals surface area contributed by atoms with Crippen LogP contribution in [0.15, 0.2) is 23.0 Å². The maximum Gasteiger partial charge on any atom is 0.245 e. The summed E-state index contributed by atoms with van der Waals surface area (Å²) in [5.74, 6) is 0.317. The minimum absolute atomic E-state index is 0.000694. The van der Waals surface area contributed by atoms with Crippen LogP contribution in [0, 0.1) is 5.92 Å². The Morgan fingerprint density at radius 2 is 2.26 bits per heavy atom. The summed E-state index contributed by atoms with van der Waals surface area (Å²) in [7, 11) is 0. The molecule has 2 rings (SSSR count). The van der Waals surface area contributed by atoms with Gasteiger partial charge < -0.3 is 14.6 Å². The maximum absolute atomic E-state index is 12.4. The van der Waals surface area contributed by atoms with E-state index in [1.165, 1.54) is 0 Å². The highest BCUT2D eigenvalue weighted by atomic mass is 16.3. The van der Waals surface area contributed by atoms with Gasteiger partial charge in [-0.15, -0.1) is 0 Å². The molecule has 19 heavy (non-hydrogen) atoms. The molecule has 0 aliphatic carbocycles. The van der Waals surface area contributed by atoms with Gasteiger partial charge in [0.15, 0.2) is 0 Å². The molecule has 1 aromatic rings. The fraction of sp³-hybridized carbons (Fsp3) is 0.571. The third-order valence-electron chi connectivity index (χ3n) is 3.21. The van der Waals surface area contributed by atoms with Crippen molar-refractivity contribution in [2.45, 2.75) is 39.3 Å². The lowest BCUT2D eigenvalue weighted by Crippen LogP contribution is -2.45. The number of rotatable bonds is 4. The highest BCUT2D eigenvalue weighted by Crippen LogP contribution is 2.14. The number of amides is 2. The second kappa shape index (κ2) is 5.91. The van der Waals surface area contributed by atoms with Crippen molar-refractivity contribution in [3.05, 3.63) is 24.2 Å². The third-order valence-corrected chi connectivity index (χ3v) is 3.21. The summed E-state index contributed by atoms with van der Waals surface area (Å²) in [6.45, 7) is 5.05. The normalized spacial score (nSPS) is 20.6. The predicted octanol–water partition coefficient (Wildman–Crippen LogP) is 1.54. The molecule has 0 spiro atoms. The molecule has 1 N–H and O–H groups in total. The monoisotopic (exact) mass is 264 g/mol. The third kappa shape index (κ3) is 3.59. The van der Waals surface area contributed by atoms with Crippen LogP contribution in [0.25, 0.3) is 0 Å². The highest BCUT2D eigenvalue weighted by Gasteiger charge is 2.30. The van der Waals surface area contributed by atoms with Crippen molar-refractivity contribution < 1.29 is 14.0 Å². The molecule has 0 saturated carbocycles. The van der Waals surface area contributed by atoms with E-state index in [0.717, 1.165) is 5.56 Å². The van der Waals surface area contributed by atoms with Crippen molar-refractivity contribution in [3.8, 4) is 0 Å².